The summed E-state index contributed by atoms with van der Waals surface area (Å²) in [5.74, 6) is 0. The SMILES string of the molecule is CC(C)(C)OC(=O)N1CCC(N(Cc2cccc(CO)c2)c2ccc3sccc3c2)CC1. The van der Waals surface area contributed by atoms with Crippen molar-refractivity contribution >= 4 is 33.2 Å². The maximum atomic E-state index is 12.5. The number of carbonyl (C=O) groups is 1. The number of ether oxygens (including phenoxy) is 1. The summed E-state index contributed by atoms with van der Waals surface area (Å²) in [5.41, 5.74) is 2.82. The Morgan fingerprint density at radius 1 is 1.12 bits per heavy atom. The predicted octanol–water partition coefficient (Wildman–Crippen LogP) is 5.80. The number of rotatable bonds is 5. The fourth-order valence-electron chi connectivity index (χ4n) is 4.27. The molecule has 0 radical (unpaired) electrons. The molecule has 3 aromatic rings. The first-order chi connectivity index (χ1) is 15.3. The maximum absolute atomic E-state index is 12.5. The van der Waals surface area contributed by atoms with Crippen LogP contribution in [0.3, 0.4) is 0 Å². The van der Waals surface area contributed by atoms with E-state index < -0.39 is 5.60 Å². The number of fused-ring (bicyclic) bond motifs is 1. The molecule has 1 amide bonds. The number of amides is 1. The van der Waals surface area contributed by atoms with Crippen molar-refractivity contribution in [1.29, 1.82) is 0 Å². The Morgan fingerprint density at radius 3 is 2.59 bits per heavy atom. The fraction of sp³-hybridized carbons (Fsp3) is 0.423. The van der Waals surface area contributed by atoms with Gasteiger partial charge in [0, 0.05) is 36.1 Å². The minimum Gasteiger partial charge on any atom is -0.444 e. The molecule has 0 unspecified atom stereocenters. The lowest BCUT2D eigenvalue weighted by molar-refractivity contribution is 0.0204. The zero-order valence-corrected chi connectivity index (χ0v) is 19.9. The largest absolute Gasteiger partial charge is 0.444 e. The number of aliphatic hydroxyl groups excluding tert-OH is 1. The standard InChI is InChI=1S/C26H32N2O3S/c1-26(2,3)31-25(30)27-12-9-22(10-13-27)28(17-19-5-4-6-20(15-19)18-29)23-7-8-24-21(16-23)11-14-32-24/h4-8,11,14-16,22,29H,9-10,12-13,17-18H2,1-3H3. The smallest absolute Gasteiger partial charge is 0.410 e. The third-order valence-corrected chi connectivity index (χ3v) is 6.75. The first-order valence-electron chi connectivity index (χ1n) is 11.2. The molecular formula is C26H32N2O3S. The number of piperidine rings is 1. The summed E-state index contributed by atoms with van der Waals surface area (Å²) in [5, 5.41) is 12.9. The molecule has 2 heterocycles. The van der Waals surface area contributed by atoms with Gasteiger partial charge in [-0.05, 0) is 79.8 Å². The highest BCUT2D eigenvalue weighted by atomic mass is 32.1. The van der Waals surface area contributed by atoms with Gasteiger partial charge in [-0.2, -0.15) is 0 Å². The van der Waals surface area contributed by atoms with Gasteiger partial charge in [0.2, 0.25) is 0 Å². The predicted molar refractivity (Wildman–Crippen MR) is 131 cm³/mol. The lowest BCUT2D eigenvalue weighted by Crippen LogP contribution is -2.48. The molecule has 170 valence electrons. The molecule has 1 N–H and O–H groups in total. The summed E-state index contributed by atoms with van der Waals surface area (Å²) in [7, 11) is 0. The molecule has 0 bridgehead atoms. The number of hydrogen-bond donors (Lipinski definition) is 1. The van der Waals surface area contributed by atoms with Crippen LogP contribution in [-0.2, 0) is 17.9 Å². The zero-order chi connectivity index (χ0) is 22.7. The molecule has 0 atom stereocenters. The third kappa shape index (κ3) is 5.43. The minimum atomic E-state index is -0.479. The van der Waals surface area contributed by atoms with Crippen molar-refractivity contribution in [3.8, 4) is 0 Å². The molecule has 32 heavy (non-hydrogen) atoms. The number of hydrogen-bond acceptors (Lipinski definition) is 5. The Labute approximate surface area is 194 Å². The van der Waals surface area contributed by atoms with Gasteiger partial charge in [0.15, 0.2) is 0 Å². The monoisotopic (exact) mass is 452 g/mol. The number of benzene rings is 2. The van der Waals surface area contributed by atoms with E-state index >= 15 is 0 Å². The summed E-state index contributed by atoms with van der Waals surface area (Å²) < 4.78 is 6.86. The van der Waals surface area contributed by atoms with Crippen molar-refractivity contribution < 1.29 is 14.6 Å². The molecule has 1 saturated heterocycles. The van der Waals surface area contributed by atoms with E-state index in [4.69, 9.17) is 4.74 Å². The Bertz CT molecular complexity index is 1060. The Balaban J connectivity index is 1.55. The van der Waals surface area contributed by atoms with Crippen LogP contribution >= 0.6 is 11.3 Å². The quantitative estimate of drug-likeness (QED) is 0.532. The van der Waals surface area contributed by atoms with Crippen molar-refractivity contribution in [3.05, 3.63) is 65.0 Å². The summed E-state index contributed by atoms with van der Waals surface area (Å²) in [6.07, 6.45) is 1.55. The van der Waals surface area contributed by atoms with Crippen molar-refractivity contribution in [1.82, 2.24) is 4.90 Å². The summed E-state index contributed by atoms with van der Waals surface area (Å²) in [4.78, 5) is 16.8. The number of thiophene rings is 1. The molecule has 1 aliphatic heterocycles. The lowest BCUT2D eigenvalue weighted by atomic mass is 10.0. The van der Waals surface area contributed by atoms with Gasteiger partial charge in [0.05, 0.1) is 6.61 Å². The number of carbonyl (C=O) groups excluding carboxylic acids is 1. The Morgan fingerprint density at radius 2 is 1.88 bits per heavy atom. The van der Waals surface area contributed by atoms with Crippen LogP contribution in [0.15, 0.2) is 53.9 Å². The molecule has 2 aromatic carbocycles. The fourth-order valence-corrected chi connectivity index (χ4v) is 5.04. The first kappa shape index (κ1) is 22.6. The van der Waals surface area contributed by atoms with Crippen LogP contribution in [0.1, 0.15) is 44.7 Å². The second-order valence-corrected chi connectivity index (χ2v) is 10.4. The van der Waals surface area contributed by atoms with E-state index in [0.29, 0.717) is 19.1 Å². The number of likely N-dealkylation sites (tertiary alicyclic amines) is 1. The van der Waals surface area contributed by atoms with Gasteiger partial charge in [-0.1, -0.05) is 24.3 Å². The normalized spacial score (nSPS) is 15.2. The average molecular weight is 453 g/mol. The van der Waals surface area contributed by atoms with E-state index in [2.05, 4.69) is 46.7 Å². The van der Waals surface area contributed by atoms with Crippen LogP contribution in [0.25, 0.3) is 10.1 Å². The molecule has 1 aromatic heterocycles. The average Bonchev–Trinajstić information content (AvgIpc) is 3.24. The maximum Gasteiger partial charge on any atom is 0.410 e. The topological polar surface area (TPSA) is 53.0 Å². The van der Waals surface area contributed by atoms with Gasteiger partial charge < -0.3 is 19.6 Å². The minimum absolute atomic E-state index is 0.0446. The van der Waals surface area contributed by atoms with Crippen LogP contribution in [0.4, 0.5) is 10.5 Å². The highest BCUT2D eigenvalue weighted by Gasteiger charge is 2.30. The summed E-state index contributed by atoms with van der Waals surface area (Å²) in [6.45, 7) is 7.89. The van der Waals surface area contributed by atoms with Crippen molar-refractivity contribution in [2.24, 2.45) is 0 Å². The van der Waals surface area contributed by atoms with Gasteiger partial charge >= 0.3 is 6.09 Å². The van der Waals surface area contributed by atoms with Gasteiger partial charge in [-0.3, -0.25) is 0 Å². The van der Waals surface area contributed by atoms with Crippen LogP contribution in [0, 0.1) is 0 Å². The number of nitrogens with zero attached hydrogens (tertiary/aromatic N) is 2. The molecule has 1 fully saturated rings. The van der Waals surface area contributed by atoms with E-state index in [1.54, 1.807) is 11.3 Å². The second kappa shape index (κ2) is 9.51. The van der Waals surface area contributed by atoms with Gasteiger partial charge in [-0.25, -0.2) is 4.79 Å². The zero-order valence-electron chi connectivity index (χ0n) is 19.1. The van der Waals surface area contributed by atoms with Crippen LogP contribution < -0.4 is 4.90 Å². The van der Waals surface area contributed by atoms with E-state index in [-0.39, 0.29) is 12.7 Å². The van der Waals surface area contributed by atoms with Crippen LogP contribution in [0.2, 0.25) is 0 Å². The molecule has 0 aliphatic carbocycles. The molecule has 6 heteroatoms. The molecule has 5 nitrogen and oxygen atoms in total. The van der Waals surface area contributed by atoms with E-state index in [1.807, 2.05) is 37.8 Å². The molecular weight excluding hydrogens is 420 g/mol. The summed E-state index contributed by atoms with van der Waals surface area (Å²) >= 11 is 1.76. The van der Waals surface area contributed by atoms with Crippen molar-refractivity contribution in [3.63, 3.8) is 0 Å². The summed E-state index contributed by atoms with van der Waals surface area (Å²) in [6, 6.07) is 17.3. The second-order valence-electron chi connectivity index (χ2n) is 9.45. The third-order valence-electron chi connectivity index (χ3n) is 5.85. The van der Waals surface area contributed by atoms with Crippen LogP contribution in [0.5, 0.6) is 0 Å². The van der Waals surface area contributed by atoms with Crippen molar-refractivity contribution in [2.45, 2.75) is 58.4 Å². The van der Waals surface area contributed by atoms with E-state index in [0.717, 1.165) is 24.9 Å². The number of anilines is 1. The van der Waals surface area contributed by atoms with Gasteiger partial charge in [-0.15, -0.1) is 11.3 Å². The van der Waals surface area contributed by atoms with E-state index in [1.165, 1.54) is 21.3 Å². The van der Waals surface area contributed by atoms with Gasteiger partial charge in [0.1, 0.15) is 5.60 Å². The first-order valence-corrected chi connectivity index (χ1v) is 12.1. The van der Waals surface area contributed by atoms with E-state index in [9.17, 15) is 9.90 Å². The molecule has 0 spiro atoms. The molecule has 1 aliphatic rings. The Hall–Kier alpha value is -2.57. The van der Waals surface area contributed by atoms with Crippen molar-refractivity contribution in [2.75, 3.05) is 18.0 Å². The Kier molecular flexibility index (Phi) is 6.72. The van der Waals surface area contributed by atoms with Crippen LogP contribution in [-0.4, -0.2) is 40.8 Å². The lowest BCUT2D eigenvalue weighted by Gasteiger charge is -2.40. The molecule has 0 saturated carbocycles. The van der Waals surface area contributed by atoms with Gasteiger partial charge in [0.25, 0.3) is 0 Å². The number of aliphatic hydroxyl groups is 1. The molecule has 4 rings (SSSR count). The highest BCUT2D eigenvalue weighted by molar-refractivity contribution is 7.17. The highest BCUT2D eigenvalue weighted by Crippen LogP contribution is 2.31.